The number of hydrogen-bond donors (Lipinski definition) is 0. The van der Waals surface area contributed by atoms with E-state index in [0.29, 0.717) is 31.1 Å². The van der Waals surface area contributed by atoms with Gasteiger partial charge in [-0.3, -0.25) is 4.79 Å². The van der Waals surface area contributed by atoms with Gasteiger partial charge in [0.25, 0.3) is 5.91 Å². The van der Waals surface area contributed by atoms with Crippen LogP contribution in [0.3, 0.4) is 0 Å². The summed E-state index contributed by atoms with van der Waals surface area (Å²) in [4.78, 5) is 25.3. The van der Waals surface area contributed by atoms with Crippen molar-refractivity contribution in [2.24, 2.45) is 7.05 Å². The fourth-order valence-electron chi connectivity index (χ4n) is 3.41. The predicted molar refractivity (Wildman–Crippen MR) is 108 cm³/mol. The van der Waals surface area contributed by atoms with Crippen LogP contribution in [0.15, 0.2) is 42.9 Å². The lowest BCUT2D eigenvalue weighted by Crippen LogP contribution is -2.35. The number of methoxy groups -OCH3 is 1. The number of hydrogen-bond acceptors (Lipinski definition) is 7. The van der Waals surface area contributed by atoms with Crippen LogP contribution in [0, 0.1) is 0 Å². The van der Waals surface area contributed by atoms with Crippen molar-refractivity contribution < 1.29 is 9.53 Å². The van der Waals surface area contributed by atoms with E-state index in [4.69, 9.17) is 4.74 Å². The second-order valence-corrected chi connectivity index (χ2v) is 6.86. The third-order valence-corrected chi connectivity index (χ3v) is 5.00. The van der Waals surface area contributed by atoms with Crippen molar-refractivity contribution in [1.82, 2.24) is 29.6 Å². The minimum Gasteiger partial charge on any atom is -0.481 e. The minimum atomic E-state index is -0.0104. The SMILES string of the molecule is COc1cc(C(=O)N2CCCN(c3ccc(-c4nccn4C)nn3)CC2)ccn1. The number of carbonyl (C=O) groups excluding carboxylic acids is 1. The third kappa shape index (κ3) is 4.03. The number of nitrogens with zero attached hydrogens (tertiary/aromatic N) is 7. The summed E-state index contributed by atoms with van der Waals surface area (Å²) in [6, 6.07) is 7.28. The van der Waals surface area contributed by atoms with Gasteiger partial charge in [-0.05, 0) is 24.6 Å². The van der Waals surface area contributed by atoms with E-state index in [1.807, 2.05) is 34.8 Å². The Labute approximate surface area is 169 Å². The first-order valence-corrected chi connectivity index (χ1v) is 9.51. The highest BCUT2D eigenvalue weighted by Crippen LogP contribution is 2.19. The van der Waals surface area contributed by atoms with Gasteiger partial charge in [-0.15, -0.1) is 10.2 Å². The summed E-state index contributed by atoms with van der Waals surface area (Å²) < 4.78 is 7.03. The Morgan fingerprint density at radius 2 is 1.93 bits per heavy atom. The van der Waals surface area contributed by atoms with Crippen LogP contribution in [0.5, 0.6) is 5.88 Å². The van der Waals surface area contributed by atoms with Crippen molar-refractivity contribution in [3.63, 3.8) is 0 Å². The van der Waals surface area contributed by atoms with Gasteiger partial charge in [0.1, 0.15) is 5.69 Å². The summed E-state index contributed by atoms with van der Waals surface area (Å²) in [5, 5.41) is 8.72. The first-order valence-electron chi connectivity index (χ1n) is 9.51. The number of aryl methyl sites for hydroxylation is 1. The molecule has 4 heterocycles. The number of amides is 1. The highest BCUT2D eigenvalue weighted by Gasteiger charge is 2.22. The van der Waals surface area contributed by atoms with Crippen LogP contribution < -0.4 is 9.64 Å². The molecule has 1 amide bonds. The molecule has 0 bridgehead atoms. The maximum atomic E-state index is 12.9. The Hall–Kier alpha value is -3.49. The number of ether oxygens (including phenoxy) is 1. The van der Waals surface area contributed by atoms with Gasteiger partial charge in [-0.1, -0.05) is 0 Å². The third-order valence-electron chi connectivity index (χ3n) is 5.00. The van der Waals surface area contributed by atoms with E-state index in [1.165, 1.54) is 0 Å². The largest absolute Gasteiger partial charge is 0.481 e. The van der Waals surface area contributed by atoms with Gasteiger partial charge in [0.15, 0.2) is 11.6 Å². The second kappa shape index (κ2) is 8.26. The number of anilines is 1. The molecule has 0 radical (unpaired) electrons. The van der Waals surface area contributed by atoms with Crippen LogP contribution in [0.4, 0.5) is 5.82 Å². The first-order chi connectivity index (χ1) is 14.2. The fraction of sp³-hybridized carbons (Fsp3) is 0.350. The van der Waals surface area contributed by atoms with Gasteiger partial charge in [-0.25, -0.2) is 9.97 Å². The lowest BCUT2D eigenvalue weighted by Gasteiger charge is -2.22. The van der Waals surface area contributed by atoms with Crippen LogP contribution >= 0.6 is 0 Å². The van der Waals surface area contributed by atoms with Crippen LogP contribution in [0.2, 0.25) is 0 Å². The molecule has 0 atom stereocenters. The molecule has 9 heteroatoms. The lowest BCUT2D eigenvalue weighted by atomic mass is 10.2. The van der Waals surface area contributed by atoms with Gasteiger partial charge in [0.2, 0.25) is 5.88 Å². The van der Waals surface area contributed by atoms with Crippen molar-refractivity contribution >= 4 is 11.7 Å². The zero-order valence-corrected chi connectivity index (χ0v) is 16.5. The van der Waals surface area contributed by atoms with E-state index in [9.17, 15) is 4.79 Å². The number of pyridine rings is 1. The minimum absolute atomic E-state index is 0.0104. The highest BCUT2D eigenvalue weighted by molar-refractivity contribution is 5.94. The Balaban J connectivity index is 1.43. The number of aromatic nitrogens is 5. The number of imidazole rings is 1. The molecular formula is C20H23N7O2. The maximum absolute atomic E-state index is 12.9. The molecule has 0 N–H and O–H groups in total. The Kier molecular flexibility index (Phi) is 5.37. The topological polar surface area (TPSA) is 89.3 Å². The maximum Gasteiger partial charge on any atom is 0.254 e. The van der Waals surface area contributed by atoms with Crippen molar-refractivity contribution in [2.45, 2.75) is 6.42 Å². The standard InChI is InChI=1S/C20H23N7O2/c1-25-11-8-22-19(25)16-4-5-17(24-23-16)26-9-3-10-27(13-12-26)20(28)15-6-7-21-18(14-15)29-2/h4-8,11,14H,3,9-10,12-13H2,1-2H3. The van der Waals surface area contributed by atoms with E-state index in [0.717, 1.165) is 30.3 Å². The molecular weight excluding hydrogens is 370 g/mol. The molecule has 9 nitrogen and oxygen atoms in total. The molecule has 0 spiro atoms. The van der Waals surface area contributed by atoms with Gasteiger partial charge in [-0.2, -0.15) is 0 Å². The Morgan fingerprint density at radius 3 is 2.66 bits per heavy atom. The van der Waals surface area contributed by atoms with E-state index in [-0.39, 0.29) is 5.91 Å². The molecule has 1 saturated heterocycles. The number of rotatable bonds is 4. The fourth-order valence-corrected chi connectivity index (χ4v) is 3.41. The first kappa shape index (κ1) is 18.9. The normalized spacial score (nSPS) is 14.6. The summed E-state index contributed by atoms with van der Waals surface area (Å²) in [6.07, 6.45) is 6.07. The molecule has 0 aliphatic carbocycles. The van der Waals surface area contributed by atoms with Crippen LogP contribution in [-0.2, 0) is 7.05 Å². The molecule has 0 saturated carbocycles. The molecule has 1 aliphatic rings. The molecule has 0 unspecified atom stereocenters. The van der Waals surface area contributed by atoms with Crippen LogP contribution in [-0.4, -0.2) is 68.8 Å². The summed E-state index contributed by atoms with van der Waals surface area (Å²) in [6.45, 7) is 2.83. The number of carbonyl (C=O) groups is 1. The summed E-state index contributed by atoms with van der Waals surface area (Å²) in [5.74, 6) is 2.02. The molecule has 0 aromatic carbocycles. The molecule has 3 aromatic rings. The van der Waals surface area contributed by atoms with Gasteiger partial charge >= 0.3 is 0 Å². The predicted octanol–water partition coefficient (Wildman–Crippen LogP) is 1.63. The van der Waals surface area contributed by atoms with E-state index in [1.54, 1.807) is 31.6 Å². The molecule has 150 valence electrons. The highest BCUT2D eigenvalue weighted by atomic mass is 16.5. The molecule has 4 rings (SSSR count). The molecule has 1 aliphatic heterocycles. The van der Waals surface area contributed by atoms with E-state index < -0.39 is 0 Å². The lowest BCUT2D eigenvalue weighted by molar-refractivity contribution is 0.0766. The van der Waals surface area contributed by atoms with Crippen LogP contribution in [0.1, 0.15) is 16.8 Å². The van der Waals surface area contributed by atoms with Crippen molar-refractivity contribution in [2.75, 3.05) is 38.2 Å². The second-order valence-electron chi connectivity index (χ2n) is 6.86. The molecule has 1 fully saturated rings. The van der Waals surface area contributed by atoms with Crippen molar-refractivity contribution in [3.05, 3.63) is 48.4 Å². The quantitative estimate of drug-likeness (QED) is 0.666. The Morgan fingerprint density at radius 1 is 1.03 bits per heavy atom. The average Bonchev–Trinajstić information content (AvgIpc) is 3.04. The van der Waals surface area contributed by atoms with Gasteiger partial charge < -0.3 is 19.1 Å². The summed E-state index contributed by atoms with van der Waals surface area (Å²) >= 11 is 0. The molecule has 3 aromatic heterocycles. The van der Waals surface area contributed by atoms with Gasteiger partial charge in [0.05, 0.1) is 7.11 Å². The summed E-state index contributed by atoms with van der Waals surface area (Å²) in [5.41, 5.74) is 1.32. The van der Waals surface area contributed by atoms with Gasteiger partial charge in [0, 0.05) is 63.4 Å². The van der Waals surface area contributed by atoms with E-state index in [2.05, 4.69) is 25.1 Å². The Bertz CT molecular complexity index is 987. The zero-order chi connectivity index (χ0) is 20.2. The molecule has 29 heavy (non-hydrogen) atoms. The average molecular weight is 393 g/mol. The van der Waals surface area contributed by atoms with Crippen molar-refractivity contribution in [3.8, 4) is 17.4 Å². The zero-order valence-electron chi connectivity index (χ0n) is 16.5. The van der Waals surface area contributed by atoms with Crippen LogP contribution in [0.25, 0.3) is 11.5 Å². The summed E-state index contributed by atoms with van der Waals surface area (Å²) in [7, 11) is 3.47. The van der Waals surface area contributed by atoms with Crippen molar-refractivity contribution in [1.29, 1.82) is 0 Å². The smallest absolute Gasteiger partial charge is 0.254 e. The monoisotopic (exact) mass is 393 g/mol. The van der Waals surface area contributed by atoms with E-state index >= 15 is 0 Å².